The molecule has 6 aromatic rings. The monoisotopic (exact) mass is 1560 g/mol. The first kappa shape index (κ1) is 78.3. The average molecular weight is 1560 g/mol. The molecule has 600 valence electrons. The fourth-order valence-corrected chi connectivity index (χ4v) is 18.2. The maximum absolute atomic E-state index is 13.7. The molecule has 3 aliphatic heterocycles. The molecule has 0 unspecified atom stereocenters. The molecule has 0 saturated heterocycles. The summed E-state index contributed by atoms with van der Waals surface area (Å²) in [5.74, 6) is 4.94. The topological polar surface area (TPSA) is 277 Å². The lowest BCUT2D eigenvalue weighted by molar-refractivity contribution is -0.127. The highest BCUT2D eigenvalue weighted by atomic mass is 16.6. The van der Waals surface area contributed by atoms with Gasteiger partial charge in [0.05, 0.1) is 137 Å². The first-order valence-corrected chi connectivity index (χ1v) is 40.5. The molecular weight excluding hydrogens is 1460 g/mol. The number of carbonyl (C=O) groups is 6. The minimum atomic E-state index is -0.588. The van der Waals surface area contributed by atoms with Crippen molar-refractivity contribution >= 4 is 35.1 Å². The summed E-state index contributed by atoms with van der Waals surface area (Å²) in [7, 11) is 0. The van der Waals surface area contributed by atoms with E-state index >= 15 is 0 Å². The van der Waals surface area contributed by atoms with E-state index in [1.807, 2.05) is 72.8 Å². The van der Waals surface area contributed by atoms with Crippen molar-refractivity contribution in [1.82, 2.24) is 16.0 Å². The molecule has 12 bridgehead atoms. The normalized spacial score (nSPS) is 25.7. The van der Waals surface area contributed by atoms with Gasteiger partial charge < -0.3 is 87.0 Å². The minimum Gasteiger partial charge on any atom is -0.491 e. The third kappa shape index (κ3) is 17.5. The summed E-state index contributed by atoms with van der Waals surface area (Å²) < 4.78 is 87.4. The molecule has 3 fully saturated rings. The Balaban J connectivity index is 0.000000129. The Bertz CT molecular complexity index is 3920. The quantitative estimate of drug-likeness (QED) is 0.131. The maximum atomic E-state index is 13.7. The molecule has 9 atom stereocenters. The summed E-state index contributed by atoms with van der Waals surface area (Å²) in [6.45, 7) is 9.56. The summed E-state index contributed by atoms with van der Waals surface area (Å²) >= 11 is 0. The zero-order valence-corrected chi connectivity index (χ0v) is 64.1. The second kappa shape index (κ2) is 37.3. The Kier molecular flexibility index (Phi) is 25.6. The molecule has 3 amide bonds. The number of amides is 3. The molecule has 0 radical (unpaired) electrons. The van der Waals surface area contributed by atoms with Crippen LogP contribution in [0.25, 0.3) is 0 Å². The van der Waals surface area contributed by atoms with E-state index in [1.54, 1.807) is 36.4 Å². The first-order chi connectivity index (χ1) is 56.1. The van der Waals surface area contributed by atoms with Crippen LogP contribution in [0.3, 0.4) is 0 Å². The number of nitrogens with one attached hydrogen (secondary N) is 3. The number of hydrogen-bond donors (Lipinski definition) is 3. The molecule has 18 rings (SSSR count). The number of allylic oxidation sites excluding steroid dienone is 6. The molecular formula is C90H99N3O21. The van der Waals surface area contributed by atoms with Crippen molar-refractivity contribution in [1.29, 1.82) is 0 Å². The van der Waals surface area contributed by atoms with E-state index in [0.717, 1.165) is 38.5 Å². The van der Waals surface area contributed by atoms with Gasteiger partial charge in [-0.15, -0.1) is 0 Å². The Labute approximate surface area is 663 Å². The van der Waals surface area contributed by atoms with Gasteiger partial charge >= 0.3 is 0 Å². The third-order valence-electron chi connectivity index (χ3n) is 23.4. The number of carbonyl (C=O) groups excluding carboxylic acids is 6. The van der Waals surface area contributed by atoms with Gasteiger partial charge in [0.1, 0.15) is 74.1 Å². The molecule has 114 heavy (non-hydrogen) atoms. The van der Waals surface area contributed by atoms with Crippen molar-refractivity contribution in [2.45, 2.75) is 56.7 Å². The number of benzene rings is 6. The molecule has 6 aromatic carbocycles. The van der Waals surface area contributed by atoms with E-state index in [4.69, 9.17) is 71.1 Å². The van der Waals surface area contributed by atoms with Gasteiger partial charge in [-0.05, 0) is 110 Å². The Morgan fingerprint density at radius 2 is 0.421 bits per heavy atom. The average Bonchev–Trinajstić information content (AvgIpc) is 0.784. The SMILES string of the molecule is O=C1c2cccc3c2C(NC(=O)[C@@H]2C[C@@H]4C=C[C@H]2C4)c2c(cccc21)OCCOCCOCCOCCO3.O=C1c2cccc3c2C(NC(=O)[C@H]2C[C@H]4C=C[C@@H]2C4)c2c(cccc21)OCCOCCOCCOCCO3.O=C1c2cccc3c2C(NC(=O)[C@H]2C[C@H]4C=C[C@@H]2C4)c2c(cccc21)OCCOCCOCCOCCO3. The Hall–Kier alpha value is -9.60. The van der Waals surface area contributed by atoms with E-state index in [9.17, 15) is 28.8 Å². The number of ether oxygens (including phenoxy) is 15. The zero-order valence-electron chi connectivity index (χ0n) is 64.1. The van der Waals surface area contributed by atoms with E-state index in [1.165, 1.54) is 0 Å². The largest absolute Gasteiger partial charge is 0.491 e. The van der Waals surface area contributed by atoms with Gasteiger partial charge in [-0.2, -0.15) is 0 Å². The van der Waals surface area contributed by atoms with Gasteiger partial charge in [0.2, 0.25) is 17.7 Å². The van der Waals surface area contributed by atoms with Crippen LogP contribution in [0.4, 0.5) is 0 Å². The van der Waals surface area contributed by atoms with E-state index < -0.39 is 18.1 Å². The number of rotatable bonds is 6. The zero-order chi connectivity index (χ0) is 77.7. The molecule has 24 nitrogen and oxygen atoms in total. The summed E-state index contributed by atoms with van der Waals surface area (Å²) in [5.41, 5.74) is 7.12. The predicted octanol–water partition coefficient (Wildman–Crippen LogP) is 10.4. The molecule has 3 N–H and O–H groups in total. The van der Waals surface area contributed by atoms with Crippen LogP contribution in [0.2, 0.25) is 0 Å². The van der Waals surface area contributed by atoms with Crippen LogP contribution in [-0.4, -0.2) is 194 Å². The summed E-state index contributed by atoms with van der Waals surface area (Å²) in [6, 6.07) is 31.0. The molecule has 0 spiro atoms. The highest BCUT2D eigenvalue weighted by molar-refractivity contribution is 6.15. The van der Waals surface area contributed by atoms with Gasteiger partial charge in [0, 0.05) is 84.5 Å². The van der Waals surface area contributed by atoms with Crippen LogP contribution >= 0.6 is 0 Å². The summed E-state index contributed by atoms with van der Waals surface area (Å²) in [5, 5.41) is 9.95. The predicted molar refractivity (Wildman–Crippen MR) is 416 cm³/mol. The second-order valence-corrected chi connectivity index (χ2v) is 30.4. The minimum absolute atomic E-state index is 0.00323. The van der Waals surface area contributed by atoms with Crippen molar-refractivity contribution in [3.8, 4) is 34.5 Å². The van der Waals surface area contributed by atoms with E-state index in [2.05, 4.69) is 52.4 Å². The maximum Gasteiger partial charge on any atom is 0.224 e. The van der Waals surface area contributed by atoms with E-state index in [-0.39, 0.29) is 70.6 Å². The van der Waals surface area contributed by atoms with Crippen molar-refractivity contribution < 1.29 is 99.8 Å². The molecule has 3 heterocycles. The highest BCUT2D eigenvalue weighted by Crippen LogP contribution is 2.52. The molecule has 3 saturated carbocycles. The van der Waals surface area contributed by atoms with Crippen LogP contribution in [0.5, 0.6) is 34.5 Å². The van der Waals surface area contributed by atoms with Gasteiger partial charge in [-0.1, -0.05) is 109 Å². The van der Waals surface area contributed by atoms with Gasteiger partial charge in [-0.25, -0.2) is 0 Å². The highest BCUT2D eigenvalue weighted by Gasteiger charge is 2.47. The van der Waals surface area contributed by atoms with E-state index in [0.29, 0.717) is 278 Å². The summed E-state index contributed by atoms with van der Waals surface area (Å²) in [6.07, 6.45) is 18.9. The summed E-state index contributed by atoms with van der Waals surface area (Å²) in [4.78, 5) is 82.2. The Morgan fingerprint density at radius 3 is 0.588 bits per heavy atom. The van der Waals surface area contributed by atoms with Crippen LogP contribution in [0, 0.1) is 53.3 Å². The second-order valence-electron chi connectivity index (χ2n) is 30.4. The van der Waals surface area contributed by atoms with Crippen molar-refractivity contribution in [2.24, 2.45) is 53.3 Å². The van der Waals surface area contributed by atoms with Crippen LogP contribution in [0.1, 0.15) is 138 Å². The van der Waals surface area contributed by atoms with Gasteiger partial charge in [0.15, 0.2) is 17.3 Å². The van der Waals surface area contributed by atoms with Gasteiger partial charge in [-0.3, -0.25) is 28.8 Å². The number of ketones is 3. The number of fused-ring (bicyclic) bond motifs is 6. The first-order valence-electron chi connectivity index (χ1n) is 40.5. The number of hydrogen-bond acceptors (Lipinski definition) is 21. The van der Waals surface area contributed by atoms with Crippen LogP contribution in [0.15, 0.2) is 146 Å². The lowest BCUT2D eigenvalue weighted by atomic mass is 9.80. The molecule has 9 aliphatic carbocycles. The lowest BCUT2D eigenvalue weighted by Gasteiger charge is -2.32. The molecule has 24 heteroatoms. The lowest BCUT2D eigenvalue weighted by Crippen LogP contribution is -2.39. The van der Waals surface area contributed by atoms with Crippen molar-refractivity contribution in [2.75, 3.05) is 159 Å². The van der Waals surface area contributed by atoms with Crippen molar-refractivity contribution in [3.05, 3.63) is 212 Å². The smallest absolute Gasteiger partial charge is 0.224 e. The Morgan fingerprint density at radius 1 is 0.237 bits per heavy atom. The fourth-order valence-electron chi connectivity index (χ4n) is 18.2. The molecule has 12 aliphatic rings. The standard InChI is InChI=1S/3C30H33NO7/c3*32-29-21-3-1-5-24-26(21)28(31-30(33)23-18-19-7-8-20(23)17-19)27-22(29)4-2-6-25(27)38-16-14-36-12-10-34-9-11-35-13-15-37-24/h3*1-8,19-20,23,28H,9-18H2,(H,31,33)/t3*19-,20+,23-/m100/s1. The van der Waals surface area contributed by atoms with Crippen molar-refractivity contribution in [3.63, 3.8) is 0 Å². The molecule has 0 aromatic heterocycles. The fraction of sp³-hybridized carbons (Fsp3) is 0.467. The van der Waals surface area contributed by atoms with Crippen LogP contribution in [-0.2, 0) is 57.0 Å². The van der Waals surface area contributed by atoms with Gasteiger partial charge in [0.25, 0.3) is 0 Å². The van der Waals surface area contributed by atoms with Crippen LogP contribution < -0.4 is 44.4 Å². The third-order valence-corrected chi connectivity index (χ3v) is 23.4.